The van der Waals surface area contributed by atoms with E-state index in [1.807, 2.05) is 0 Å². The molecule has 0 atom stereocenters. The predicted molar refractivity (Wildman–Crippen MR) is 61.2 cm³/mol. The molecule has 0 radical (unpaired) electrons. The van der Waals surface area contributed by atoms with Gasteiger partial charge in [0.25, 0.3) is 0 Å². The maximum atomic E-state index is 13.1. The van der Waals surface area contributed by atoms with Gasteiger partial charge in [-0.15, -0.1) is 0 Å². The molecule has 0 unspecified atom stereocenters. The second kappa shape index (κ2) is 5.12. The monoisotopic (exact) mass is 336 g/mol. The average molecular weight is 337 g/mol. The molecule has 0 N–H and O–H groups in total. The number of ether oxygens (including phenoxy) is 1. The molecule has 0 bridgehead atoms. The quantitative estimate of drug-likeness (QED) is 0.771. The van der Waals surface area contributed by atoms with Crippen molar-refractivity contribution < 1.29 is 22.3 Å². The lowest BCUT2D eigenvalue weighted by atomic mass is 10.3. The first-order chi connectivity index (χ1) is 8.84. The van der Waals surface area contributed by atoms with Gasteiger partial charge in [0, 0.05) is 10.5 Å². The van der Waals surface area contributed by atoms with Crippen molar-refractivity contribution in [2.45, 2.75) is 6.18 Å². The Bertz CT molecular complexity index is 566. The van der Waals surface area contributed by atoms with Crippen LogP contribution in [0.15, 0.2) is 35.1 Å². The fourth-order valence-electron chi connectivity index (χ4n) is 1.24. The summed E-state index contributed by atoms with van der Waals surface area (Å²) in [5, 5.41) is 0. The average Bonchev–Trinajstić information content (AvgIpc) is 2.26. The van der Waals surface area contributed by atoms with Gasteiger partial charge in [0.2, 0.25) is 5.82 Å². The molecule has 0 aliphatic carbocycles. The van der Waals surface area contributed by atoms with E-state index in [1.165, 1.54) is 12.1 Å². The van der Waals surface area contributed by atoms with Crippen LogP contribution < -0.4 is 4.74 Å². The fourth-order valence-corrected chi connectivity index (χ4v) is 1.68. The van der Waals surface area contributed by atoms with Gasteiger partial charge in [0.05, 0.1) is 12.4 Å². The second-order valence-electron chi connectivity index (χ2n) is 3.45. The summed E-state index contributed by atoms with van der Waals surface area (Å²) in [7, 11) is 0. The molecule has 1 aromatic heterocycles. The van der Waals surface area contributed by atoms with Gasteiger partial charge in [0.15, 0.2) is 5.75 Å². The van der Waals surface area contributed by atoms with Crippen molar-refractivity contribution >= 4 is 15.9 Å². The largest absolute Gasteiger partial charge is 0.454 e. The van der Waals surface area contributed by atoms with Crippen LogP contribution in [0.4, 0.5) is 17.6 Å². The standard InChI is InChI=1S/C11H5BrF4N2O/c12-6-1-7(13)3-8(2-6)19-9-4-17-10(18-5-9)11(14,15)16/h1-5H. The first kappa shape index (κ1) is 13.7. The third-order valence-electron chi connectivity index (χ3n) is 1.95. The normalized spacial score (nSPS) is 11.4. The number of halogens is 5. The molecule has 0 aliphatic rings. The lowest BCUT2D eigenvalue weighted by Crippen LogP contribution is -2.10. The van der Waals surface area contributed by atoms with Crippen LogP contribution >= 0.6 is 15.9 Å². The fraction of sp³-hybridized carbons (Fsp3) is 0.0909. The minimum Gasteiger partial charge on any atom is -0.454 e. The maximum absolute atomic E-state index is 13.1. The molecule has 3 nitrogen and oxygen atoms in total. The van der Waals surface area contributed by atoms with Gasteiger partial charge in [0.1, 0.15) is 11.6 Å². The summed E-state index contributed by atoms with van der Waals surface area (Å²) in [5.41, 5.74) is 0. The zero-order valence-electron chi connectivity index (χ0n) is 9.08. The van der Waals surface area contributed by atoms with E-state index >= 15 is 0 Å². The maximum Gasteiger partial charge on any atom is 0.451 e. The van der Waals surface area contributed by atoms with Crippen LogP contribution in [0.5, 0.6) is 11.5 Å². The lowest BCUT2D eigenvalue weighted by molar-refractivity contribution is -0.145. The predicted octanol–water partition coefficient (Wildman–Crippen LogP) is 4.19. The van der Waals surface area contributed by atoms with Crippen molar-refractivity contribution in [2.24, 2.45) is 0 Å². The number of alkyl halides is 3. The smallest absolute Gasteiger partial charge is 0.451 e. The molecule has 1 heterocycles. The molecule has 2 aromatic rings. The summed E-state index contributed by atoms with van der Waals surface area (Å²) >= 11 is 3.06. The highest BCUT2D eigenvalue weighted by atomic mass is 79.9. The molecular weight excluding hydrogens is 332 g/mol. The summed E-state index contributed by atoms with van der Waals surface area (Å²) < 4.78 is 55.3. The van der Waals surface area contributed by atoms with Crippen molar-refractivity contribution in [3.8, 4) is 11.5 Å². The Labute approximate surface area is 113 Å². The number of benzene rings is 1. The number of hydrogen-bond acceptors (Lipinski definition) is 3. The topological polar surface area (TPSA) is 35.0 Å². The van der Waals surface area contributed by atoms with Crippen LogP contribution in [0.25, 0.3) is 0 Å². The van der Waals surface area contributed by atoms with E-state index < -0.39 is 17.8 Å². The summed E-state index contributed by atoms with van der Waals surface area (Å²) in [5.74, 6) is -1.71. The Morgan fingerprint density at radius 1 is 1.00 bits per heavy atom. The van der Waals surface area contributed by atoms with Crippen LogP contribution in [0, 0.1) is 5.82 Å². The van der Waals surface area contributed by atoms with Crippen LogP contribution in [-0.2, 0) is 6.18 Å². The Balaban J connectivity index is 2.20. The van der Waals surface area contributed by atoms with Crippen molar-refractivity contribution in [2.75, 3.05) is 0 Å². The number of rotatable bonds is 2. The van der Waals surface area contributed by atoms with Gasteiger partial charge in [-0.2, -0.15) is 13.2 Å². The van der Waals surface area contributed by atoms with Gasteiger partial charge < -0.3 is 4.74 Å². The molecule has 0 spiro atoms. The second-order valence-corrected chi connectivity index (χ2v) is 4.36. The number of aromatic nitrogens is 2. The Morgan fingerprint density at radius 2 is 1.63 bits per heavy atom. The molecule has 1 aromatic carbocycles. The molecule has 100 valence electrons. The number of nitrogens with zero attached hydrogens (tertiary/aromatic N) is 2. The molecule has 0 amide bonds. The zero-order chi connectivity index (χ0) is 14.0. The van der Waals surface area contributed by atoms with E-state index in [4.69, 9.17) is 4.74 Å². The molecule has 0 saturated carbocycles. The van der Waals surface area contributed by atoms with Crippen LogP contribution in [0.2, 0.25) is 0 Å². The highest BCUT2D eigenvalue weighted by molar-refractivity contribution is 9.10. The molecule has 0 aliphatic heterocycles. The number of hydrogen-bond donors (Lipinski definition) is 0. The Hall–Kier alpha value is -1.70. The van der Waals surface area contributed by atoms with Gasteiger partial charge in [-0.1, -0.05) is 15.9 Å². The summed E-state index contributed by atoms with van der Waals surface area (Å²) in [6.07, 6.45) is -2.87. The van der Waals surface area contributed by atoms with Gasteiger partial charge in [-0.05, 0) is 12.1 Å². The molecule has 19 heavy (non-hydrogen) atoms. The Kier molecular flexibility index (Phi) is 3.70. The van der Waals surface area contributed by atoms with Crippen molar-refractivity contribution in [1.82, 2.24) is 9.97 Å². The highest BCUT2D eigenvalue weighted by Gasteiger charge is 2.34. The van der Waals surface area contributed by atoms with Crippen LogP contribution in [-0.4, -0.2) is 9.97 Å². The van der Waals surface area contributed by atoms with E-state index in [0.717, 1.165) is 18.5 Å². The zero-order valence-corrected chi connectivity index (χ0v) is 10.7. The van der Waals surface area contributed by atoms with Gasteiger partial charge in [-0.3, -0.25) is 0 Å². The molecule has 2 rings (SSSR count). The first-order valence-electron chi connectivity index (χ1n) is 4.88. The SMILES string of the molecule is Fc1cc(Br)cc(Oc2cnc(C(F)(F)F)nc2)c1. The molecule has 0 saturated heterocycles. The van der Waals surface area contributed by atoms with Crippen molar-refractivity contribution in [1.29, 1.82) is 0 Å². The van der Waals surface area contributed by atoms with Crippen molar-refractivity contribution in [3.05, 3.63) is 46.7 Å². The third-order valence-corrected chi connectivity index (χ3v) is 2.41. The van der Waals surface area contributed by atoms with E-state index in [9.17, 15) is 17.6 Å². The summed E-state index contributed by atoms with van der Waals surface area (Å²) in [6.45, 7) is 0. The minimum absolute atomic E-state index is 0.0227. The van der Waals surface area contributed by atoms with E-state index in [1.54, 1.807) is 0 Å². The molecule has 0 fully saturated rings. The summed E-state index contributed by atoms with van der Waals surface area (Å²) in [6, 6.07) is 3.76. The van der Waals surface area contributed by atoms with E-state index in [2.05, 4.69) is 25.9 Å². The minimum atomic E-state index is -4.61. The lowest BCUT2D eigenvalue weighted by Gasteiger charge is -2.07. The van der Waals surface area contributed by atoms with Crippen LogP contribution in [0.1, 0.15) is 5.82 Å². The Morgan fingerprint density at radius 3 is 2.16 bits per heavy atom. The molecular formula is C11H5BrF4N2O. The highest BCUT2D eigenvalue weighted by Crippen LogP contribution is 2.28. The van der Waals surface area contributed by atoms with E-state index in [0.29, 0.717) is 4.47 Å². The first-order valence-corrected chi connectivity index (χ1v) is 5.67. The van der Waals surface area contributed by atoms with Gasteiger partial charge >= 0.3 is 6.18 Å². The van der Waals surface area contributed by atoms with Crippen LogP contribution in [0.3, 0.4) is 0 Å². The summed E-state index contributed by atoms with van der Waals surface area (Å²) in [4.78, 5) is 6.25. The van der Waals surface area contributed by atoms with E-state index in [-0.39, 0.29) is 11.5 Å². The van der Waals surface area contributed by atoms with Crippen molar-refractivity contribution in [3.63, 3.8) is 0 Å². The molecule has 8 heteroatoms. The third kappa shape index (κ3) is 3.63. The van der Waals surface area contributed by atoms with Gasteiger partial charge in [-0.25, -0.2) is 14.4 Å².